The number of ether oxygens (including phenoxy) is 1. The minimum absolute atomic E-state index is 0.0814. The van der Waals surface area contributed by atoms with Gasteiger partial charge in [0, 0.05) is 19.2 Å². The van der Waals surface area contributed by atoms with E-state index in [9.17, 15) is 9.18 Å². The summed E-state index contributed by atoms with van der Waals surface area (Å²) in [7, 11) is 0. The van der Waals surface area contributed by atoms with Crippen LogP contribution in [0.2, 0.25) is 0 Å². The molecule has 0 spiro atoms. The van der Waals surface area contributed by atoms with Gasteiger partial charge in [-0.2, -0.15) is 0 Å². The van der Waals surface area contributed by atoms with Crippen LogP contribution in [0.5, 0.6) is 0 Å². The van der Waals surface area contributed by atoms with Crippen LogP contribution >= 0.6 is 0 Å². The Balaban J connectivity index is 2.91. The summed E-state index contributed by atoms with van der Waals surface area (Å²) in [6.45, 7) is 4.98. The highest BCUT2D eigenvalue weighted by Crippen LogP contribution is 2.14. The van der Waals surface area contributed by atoms with Gasteiger partial charge >= 0.3 is 6.09 Å². The number of nitrogens with zero attached hydrogens (tertiary/aromatic N) is 1. The zero-order valence-electron chi connectivity index (χ0n) is 9.66. The van der Waals surface area contributed by atoms with Crippen molar-refractivity contribution in [3.05, 3.63) is 23.8 Å². The van der Waals surface area contributed by atoms with Crippen LogP contribution in [0.25, 0.3) is 0 Å². The second kappa shape index (κ2) is 4.65. The van der Waals surface area contributed by atoms with Crippen LogP contribution in [0.3, 0.4) is 0 Å². The number of aliphatic hydroxyl groups is 1. The smallest absolute Gasteiger partial charge is 0.418 e. The minimum Gasteiger partial charge on any atom is -0.443 e. The number of halogens is 1. The highest BCUT2D eigenvalue weighted by Gasteiger charge is 2.21. The maximum Gasteiger partial charge on any atom is 0.418 e. The summed E-state index contributed by atoms with van der Waals surface area (Å²) < 4.78 is 19.4. The van der Waals surface area contributed by atoms with E-state index < -0.39 is 17.5 Å². The van der Waals surface area contributed by atoms with E-state index in [0.29, 0.717) is 0 Å². The van der Waals surface area contributed by atoms with Crippen LogP contribution in [-0.2, 0) is 11.2 Å². The molecule has 0 fully saturated rings. The van der Waals surface area contributed by atoms with Gasteiger partial charge in [0.25, 0.3) is 0 Å². The summed E-state index contributed by atoms with van der Waals surface area (Å²) in [6, 6.07) is 1.18. The number of hydrogen-bond donors (Lipinski definition) is 1. The third kappa shape index (κ3) is 3.06. The normalized spacial score (nSPS) is 11.6. The molecular weight excluding hydrogens is 213 g/mol. The fraction of sp³-hybridized carbons (Fsp3) is 0.545. The van der Waals surface area contributed by atoms with Gasteiger partial charge in [-0.1, -0.05) is 0 Å². The first-order chi connectivity index (χ1) is 7.35. The first-order valence-corrected chi connectivity index (χ1v) is 5.05. The number of aromatic nitrogens is 1. The number of carbonyl (C=O) groups is 1. The van der Waals surface area contributed by atoms with Crippen LogP contribution in [0.4, 0.5) is 9.18 Å². The van der Waals surface area contributed by atoms with Crippen molar-refractivity contribution >= 4 is 6.09 Å². The average Bonchev–Trinajstić information content (AvgIpc) is 2.46. The van der Waals surface area contributed by atoms with Gasteiger partial charge in [0.1, 0.15) is 11.4 Å². The van der Waals surface area contributed by atoms with Gasteiger partial charge in [0.15, 0.2) is 0 Å². The Morgan fingerprint density at radius 2 is 2.19 bits per heavy atom. The van der Waals surface area contributed by atoms with Crippen LogP contribution < -0.4 is 0 Å². The lowest BCUT2D eigenvalue weighted by Gasteiger charge is -2.20. The molecule has 0 aliphatic carbocycles. The lowest BCUT2D eigenvalue weighted by molar-refractivity contribution is 0.0531. The summed E-state index contributed by atoms with van der Waals surface area (Å²) in [5, 5.41) is 8.77. The quantitative estimate of drug-likeness (QED) is 0.843. The molecule has 0 unspecified atom stereocenters. The molecule has 1 heterocycles. The Hall–Kier alpha value is -1.36. The summed E-state index contributed by atoms with van der Waals surface area (Å²) >= 11 is 0. The van der Waals surface area contributed by atoms with Crippen LogP contribution in [0, 0.1) is 5.82 Å². The van der Waals surface area contributed by atoms with Crippen molar-refractivity contribution in [3.8, 4) is 0 Å². The highest BCUT2D eigenvalue weighted by molar-refractivity contribution is 5.72. The molecule has 0 aromatic carbocycles. The van der Waals surface area contributed by atoms with E-state index in [0.717, 1.165) is 4.57 Å². The van der Waals surface area contributed by atoms with Crippen LogP contribution in [0.15, 0.2) is 12.3 Å². The predicted octanol–water partition coefficient (Wildman–Crippen LogP) is 1.95. The van der Waals surface area contributed by atoms with E-state index in [2.05, 4.69) is 0 Å². The molecule has 0 aliphatic rings. The molecule has 0 saturated carbocycles. The van der Waals surface area contributed by atoms with Crippen molar-refractivity contribution in [2.75, 3.05) is 6.61 Å². The van der Waals surface area contributed by atoms with E-state index in [1.54, 1.807) is 20.8 Å². The SMILES string of the molecule is CC(C)(C)OC(=O)n1ccc(F)c1CCO. The van der Waals surface area contributed by atoms with Gasteiger partial charge in [-0.25, -0.2) is 9.18 Å². The molecular formula is C11H16FNO3. The Morgan fingerprint density at radius 1 is 1.56 bits per heavy atom. The third-order valence-corrected chi connectivity index (χ3v) is 1.88. The summed E-state index contributed by atoms with van der Waals surface area (Å²) in [6.07, 6.45) is 0.742. The van der Waals surface area contributed by atoms with Crippen molar-refractivity contribution < 1.29 is 19.0 Å². The van der Waals surface area contributed by atoms with Gasteiger partial charge in [-0.05, 0) is 26.8 Å². The topological polar surface area (TPSA) is 51.5 Å². The van der Waals surface area contributed by atoms with Crippen LogP contribution in [0.1, 0.15) is 26.5 Å². The molecule has 1 aromatic rings. The molecule has 0 atom stereocenters. The van der Waals surface area contributed by atoms with E-state index in [4.69, 9.17) is 9.84 Å². The molecule has 0 amide bonds. The molecule has 0 radical (unpaired) electrons. The Bertz CT molecular complexity index is 379. The van der Waals surface area contributed by atoms with Gasteiger partial charge in [0.2, 0.25) is 0 Å². The fourth-order valence-corrected chi connectivity index (χ4v) is 1.27. The highest BCUT2D eigenvalue weighted by atomic mass is 19.1. The molecule has 16 heavy (non-hydrogen) atoms. The van der Waals surface area contributed by atoms with E-state index in [1.165, 1.54) is 12.3 Å². The molecule has 0 bridgehead atoms. The Morgan fingerprint density at radius 3 is 2.69 bits per heavy atom. The third-order valence-electron chi connectivity index (χ3n) is 1.88. The van der Waals surface area contributed by atoms with Gasteiger partial charge in [-0.3, -0.25) is 4.57 Å². The second-order valence-corrected chi connectivity index (χ2v) is 4.43. The molecule has 0 aliphatic heterocycles. The van der Waals surface area contributed by atoms with E-state index >= 15 is 0 Å². The number of aliphatic hydroxyl groups excluding tert-OH is 1. The Labute approximate surface area is 93.6 Å². The standard InChI is InChI=1S/C11H16FNO3/c1-11(2,3)16-10(15)13-6-4-8(12)9(13)5-7-14/h4,6,14H,5,7H2,1-3H3. The van der Waals surface area contributed by atoms with E-state index in [-0.39, 0.29) is 18.7 Å². The number of rotatable bonds is 2. The molecule has 1 aromatic heterocycles. The van der Waals surface area contributed by atoms with Gasteiger partial charge in [-0.15, -0.1) is 0 Å². The van der Waals surface area contributed by atoms with Gasteiger partial charge in [0.05, 0.1) is 5.69 Å². The summed E-state index contributed by atoms with van der Waals surface area (Å²) in [5.74, 6) is -0.514. The number of carbonyl (C=O) groups excluding carboxylic acids is 1. The minimum atomic E-state index is -0.639. The largest absolute Gasteiger partial charge is 0.443 e. The lowest BCUT2D eigenvalue weighted by atomic mass is 10.2. The maximum absolute atomic E-state index is 13.3. The monoisotopic (exact) mass is 229 g/mol. The molecule has 0 saturated heterocycles. The molecule has 1 rings (SSSR count). The fourth-order valence-electron chi connectivity index (χ4n) is 1.27. The second-order valence-electron chi connectivity index (χ2n) is 4.43. The molecule has 90 valence electrons. The molecule has 4 nitrogen and oxygen atoms in total. The van der Waals surface area contributed by atoms with E-state index in [1.807, 2.05) is 0 Å². The summed E-state index contributed by atoms with van der Waals surface area (Å²) in [4.78, 5) is 11.7. The van der Waals surface area contributed by atoms with Crippen molar-refractivity contribution in [1.29, 1.82) is 0 Å². The summed E-state index contributed by atoms with van der Waals surface area (Å²) in [5.41, 5.74) is -0.495. The van der Waals surface area contributed by atoms with Crippen LogP contribution in [-0.4, -0.2) is 28.0 Å². The average molecular weight is 229 g/mol. The zero-order valence-corrected chi connectivity index (χ0v) is 9.66. The number of hydrogen-bond acceptors (Lipinski definition) is 3. The van der Waals surface area contributed by atoms with Gasteiger partial charge < -0.3 is 9.84 Å². The first-order valence-electron chi connectivity index (χ1n) is 5.05. The zero-order chi connectivity index (χ0) is 12.3. The van der Waals surface area contributed by atoms with Crippen molar-refractivity contribution in [2.45, 2.75) is 32.8 Å². The van der Waals surface area contributed by atoms with Crippen molar-refractivity contribution in [1.82, 2.24) is 4.57 Å². The van der Waals surface area contributed by atoms with Crippen molar-refractivity contribution in [2.24, 2.45) is 0 Å². The maximum atomic E-state index is 13.3. The lowest BCUT2D eigenvalue weighted by Crippen LogP contribution is -2.28. The molecule has 5 heteroatoms. The molecule has 1 N–H and O–H groups in total. The Kier molecular flexibility index (Phi) is 3.70. The van der Waals surface area contributed by atoms with Crippen molar-refractivity contribution in [3.63, 3.8) is 0 Å². The first kappa shape index (κ1) is 12.7. The predicted molar refractivity (Wildman–Crippen MR) is 56.8 cm³/mol.